The Balaban J connectivity index is 1.43. The van der Waals surface area contributed by atoms with Gasteiger partial charge in [-0.3, -0.25) is 9.97 Å². The first-order chi connectivity index (χ1) is 17.9. The second-order valence-corrected chi connectivity index (χ2v) is 8.78. The maximum atomic E-state index is 5.60. The van der Waals surface area contributed by atoms with Crippen molar-refractivity contribution >= 4 is 33.3 Å². The van der Waals surface area contributed by atoms with Gasteiger partial charge in [-0.15, -0.1) is 0 Å². The molecule has 174 valence electrons. The molecule has 7 rings (SSSR count). The van der Waals surface area contributed by atoms with Crippen LogP contribution in [0.3, 0.4) is 0 Å². The quantitative estimate of drug-likeness (QED) is 0.317. The zero-order valence-electron chi connectivity index (χ0n) is 19.5. The molecule has 6 nitrogen and oxygen atoms in total. The molecular formula is C30H22N4O2. The molecule has 0 spiro atoms. The third-order valence-electron chi connectivity index (χ3n) is 6.64. The fraction of sp³-hybridized carbons (Fsp3) is 0.133. The van der Waals surface area contributed by atoms with Crippen molar-refractivity contribution < 1.29 is 9.47 Å². The van der Waals surface area contributed by atoms with E-state index in [1.54, 1.807) is 0 Å². The van der Waals surface area contributed by atoms with Gasteiger partial charge in [0.15, 0.2) is 0 Å². The monoisotopic (exact) mass is 470 g/mol. The van der Waals surface area contributed by atoms with Crippen molar-refractivity contribution in [3.8, 4) is 22.3 Å². The molecule has 2 aliphatic heterocycles. The fourth-order valence-electron chi connectivity index (χ4n) is 5.07. The van der Waals surface area contributed by atoms with Gasteiger partial charge in [0.05, 0.1) is 13.1 Å². The van der Waals surface area contributed by atoms with Crippen LogP contribution in [0.15, 0.2) is 95.2 Å². The van der Waals surface area contributed by atoms with Gasteiger partial charge in [0, 0.05) is 23.5 Å². The molecule has 0 saturated carbocycles. The van der Waals surface area contributed by atoms with Crippen molar-refractivity contribution in [2.45, 2.75) is 0 Å². The summed E-state index contributed by atoms with van der Waals surface area (Å²) in [6.07, 6.45) is 3.85. The van der Waals surface area contributed by atoms with Crippen LogP contribution < -0.4 is 0 Å². The second kappa shape index (κ2) is 8.57. The van der Waals surface area contributed by atoms with Gasteiger partial charge in [-0.05, 0) is 44.8 Å². The second-order valence-electron chi connectivity index (χ2n) is 8.78. The number of benzene rings is 3. The average Bonchev–Trinajstić information content (AvgIpc) is 3.67. The molecule has 36 heavy (non-hydrogen) atoms. The van der Waals surface area contributed by atoms with Gasteiger partial charge >= 0.3 is 0 Å². The maximum Gasteiger partial charge on any atom is 0.235 e. The molecule has 0 unspecified atom stereocenters. The Morgan fingerprint density at radius 1 is 0.500 bits per heavy atom. The minimum atomic E-state index is 0.618. The lowest BCUT2D eigenvalue weighted by molar-refractivity contribution is 0.347. The van der Waals surface area contributed by atoms with E-state index in [1.807, 2.05) is 24.5 Å². The van der Waals surface area contributed by atoms with Crippen molar-refractivity contribution in [3.05, 3.63) is 96.6 Å². The average molecular weight is 471 g/mol. The zero-order chi connectivity index (χ0) is 23.9. The van der Waals surface area contributed by atoms with Crippen LogP contribution in [0.25, 0.3) is 43.8 Å². The van der Waals surface area contributed by atoms with E-state index >= 15 is 0 Å². The minimum absolute atomic E-state index is 0.618. The number of rotatable bonds is 4. The summed E-state index contributed by atoms with van der Waals surface area (Å²) in [6.45, 7) is 2.61. The number of hydrogen-bond donors (Lipinski definition) is 0. The van der Waals surface area contributed by atoms with Gasteiger partial charge < -0.3 is 9.47 Å². The summed E-state index contributed by atoms with van der Waals surface area (Å²) >= 11 is 0. The van der Waals surface area contributed by atoms with Crippen molar-refractivity contribution in [3.63, 3.8) is 0 Å². The zero-order valence-corrected chi connectivity index (χ0v) is 19.5. The molecule has 0 fully saturated rings. The van der Waals surface area contributed by atoms with Gasteiger partial charge in [-0.1, -0.05) is 60.7 Å². The molecular weight excluding hydrogens is 448 g/mol. The van der Waals surface area contributed by atoms with Crippen molar-refractivity contribution in [1.29, 1.82) is 0 Å². The lowest BCUT2D eigenvalue weighted by Crippen LogP contribution is -2.04. The van der Waals surface area contributed by atoms with E-state index in [-0.39, 0.29) is 0 Å². The number of fused-ring (bicyclic) bond motifs is 2. The Bertz CT molecular complexity index is 1490. The first-order valence-corrected chi connectivity index (χ1v) is 12.1. The van der Waals surface area contributed by atoms with Crippen LogP contribution in [0.1, 0.15) is 11.4 Å². The van der Waals surface area contributed by atoms with Crippen molar-refractivity contribution in [2.75, 3.05) is 26.3 Å². The number of ether oxygens (including phenoxy) is 2. The minimum Gasteiger partial charge on any atom is -0.474 e. The highest BCUT2D eigenvalue weighted by Gasteiger charge is 2.19. The molecule has 4 heterocycles. The van der Waals surface area contributed by atoms with Crippen LogP contribution >= 0.6 is 0 Å². The molecule has 6 heteroatoms. The van der Waals surface area contributed by atoms with Crippen LogP contribution in [0.2, 0.25) is 0 Å². The summed E-state index contributed by atoms with van der Waals surface area (Å²) in [5.41, 5.74) is 5.97. The molecule has 2 aliphatic rings. The van der Waals surface area contributed by atoms with E-state index in [0.717, 1.165) is 33.6 Å². The number of pyridine rings is 2. The molecule has 0 saturated heterocycles. The molecule has 5 aromatic rings. The third kappa shape index (κ3) is 3.41. The predicted octanol–water partition coefficient (Wildman–Crippen LogP) is 5.67. The van der Waals surface area contributed by atoms with E-state index in [1.165, 1.54) is 21.5 Å². The summed E-state index contributed by atoms with van der Waals surface area (Å²) in [5.74, 6) is 1.24. The van der Waals surface area contributed by atoms with Gasteiger partial charge in [0.2, 0.25) is 11.8 Å². The van der Waals surface area contributed by atoms with Gasteiger partial charge in [-0.2, -0.15) is 0 Å². The SMILES string of the molecule is c1ccc2c(-c3ccc(C4=NCCO4)nc3)c3ccccc3c(-c3ccc(C4=NCCO4)nc3)c2c1. The van der Waals surface area contributed by atoms with E-state index < -0.39 is 0 Å². The molecule has 2 aromatic heterocycles. The van der Waals surface area contributed by atoms with Crippen LogP contribution in [-0.4, -0.2) is 48.1 Å². The molecule has 0 amide bonds. The van der Waals surface area contributed by atoms with Gasteiger partial charge in [0.25, 0.3) is 0 Å². The predicted molar refractivity (Wildman–Crippen MR) is 143 cm³/mol. The molecule has 0 radical (unpaired) electrons. The summed E-state index contributed by atoms with van der Waals surface area (Å²) in [7, 11) is 0. The highest BCUT2D eigenvalue weighted by Crippen LogP contribution is 2.43. The largest absolute Gasteiger partial charge is 0.474 e. The number of aliphatic imine (C=N–C) groups is 2. The first kappa shape index (κ1) is 20.8. The highest BCUT2D eigenvalue weighted by atomic mass is 16.5. The lowest BCUT2D eigenvalue weighted by atomic mass is 9.86. The topological polar surface area (TPSA) is 69.0 Å². The molecule has 0 atom stereocenters. The highest BCUT2D eigenvalue weighted by molar-refractivity contribution is 6.21. The maximum absolute atomic E-state index is 5.60. The van der Waals surface area contributed by atoms with E-state index in [9.17, 15) is 0 Å². The van der Waals surface area contributed by atoms with Crippen molar-refractivity contribution in [1.82, 2.24) is 9.97 Å². The van der Waals surface area contributed by atoms with Crippen LogP contribution in [0.5, 0.6) is 0 Å². The molecule has 3 aromatic carbocycles. The lowest BCUT2D eigenvalue weighted by Gasteiger charge is -2.17. The summed E-state index contributed by atoms with van der Waals surface area (Å²) in [4.78, 5) is 18.2. The Morgan fingerprint density at radius 2 is 0.917 bits per heavy atom. The number of hydrogen-bond acceptors (Lipinski definition) is 6. The number of aromatic nitrogens is 2. The molecule has 0 N–H and O–H groups in total. The Hall–Kier alpha value is -4.58. The van der Waals surface area contributed by atoms with Crippen LogP contribution in [0, 0.1) is 0 Å². The van der Waals surface area contributed by atoms with Crippen LogP contribution in [-0.2, 0) is 9.47 Å². The summed E-state index contributed by atoms with van der Waals surface area (Å²) < 4.78 is 11.2. The normalized spacial score (nSPS) is 15.0. The number of nitrogens with zero attached hydrogens (tertiary/aromatic N) is 4. The summed E-state index contributed by atoms with van der Waals surface area (Å²) in [6, 6.07) is 25.3. The summed E-state index contributed by atoms with van der Waals surface area (Å²) in [5, 5.41) is 4.68. The Labute approximate surface area is 208 Å². The Morgan fingerprint density at radius 3 is 1.22 bits per heavy atom. The van der Waals surface area contributed by atoms with Gasteiger partial charge in [0.1, 0.15) is 24.6 Å². The first-order valence-electron chi connectivity index (χ1n) is 12.1. The molecule has 0 aliphatic carbocycles. The molecule has 0 bridgehead atoms. The fourth-order valence-corrected chi connectivity index (χ4v) is 5.07. The van der Waals surface area contributed by atoms with E-state index in [0.29, 0.717) is 38.1 Å². The van der Waals surface area contributed by atoms with Gasteiger partial charge in [-0.25, -0.2) is 9.98 Å². The Kier molecular flexibility index (Phi) is 4.94. The third-order valence-corrected chi connectivity index (χ3v) is 6.64. The van der Waals surface area contributed by atoms with Crippen LogP contribution in [0.4, 0.5) is 0 Å². The smallest absolute Gasteiger partial charge is 0.235 e. The van der Waals surface area contributed by atoms with E-state index in [4.69, 9.17) is 9.47 Å². The van der Waals surface area contributed by atoms with E-state index in [2.05, 4.69) is 80.6 Å². The standard InChI is InChI=1S/C30H22N4O2/c1-2-6-22-21(5-1)27(19-9-11-25(33-17-19)29-31-13-15-35-29)23-7-3-4-8-24(23)28(22)20-10-12-26(34-18-20)30-32-14-16-36-30/h1-12,17-18H,13-16H2. The van der Waals surface area contributed by atoms with Crippen molar-refractivity contribution in [2.24, 2.45) is 9.98 Å².